The molecule has 0 spiro atoms. The molecule has 2 heterocycles. The van der Waals surface area contributed by atoms with Gasteiger partial charge in [-0.25, -0.2) is 4.79 Å². The number of fused-ring (bicyclic) bond motifs is 2. The van der Waals surface area contributed by atoms with Crippen LogP contribution < -0.4 is 0 Å². The number of hydroxylamine groups is 2. The quantitative estimate of drug-likeness (QED) is 0.258. The number of aromatic hydroxyl groups is 1. The molecule has 4 aromatic rings. The van der Waals surface area contributed by atoms with Crippen molar-refractivity contribution in [3.63, 3.8) is 0 Å². The summed E-state index contributed by atoms with van der Waals surface area (Å²) in [5.74, 6) is -0.0707. The molecular formula is C37H39N3O6. The number of phenolic OH excluding ortho intramolecular Hbond substituents is 1. The monoisotopic (exact) mass is 621 g/mol. The number of benzene rings is 4. The number of hydrogen-bond acceptors (Lipinski definition) is 6. The standard InChI is InChI=1S/C37H39N3O6/c1-25(2)19-20-38-23-34-39(32(35(38)42)21-27-15-17-30(41)18-16-27)36(43)33(22-26-9-4-3-5-10-26)46-40(34)37(44)45-24-29-13-8-12-28-11-6-7-14-31(28)29/h3-18,25,32-34,41H,19-24H2,1-2H3/t32-,33-,34-/m0/s1. The van der Waals surface area contributed by atoms with E-state index in [1.54, 1.807) is 29.2 Å². The highest BCUT2D eigenvalue weighted by atomic mass is 16.7. The van der Waals surface area contributed by atoms with Crippen LogP contribution in [-0.4, -0.2) is 69.3 Å². The normalized spacial score (nSPS) is 19.9. The van der Waals surface area contributed by atoms with Gasteiger partial charge in [0.1, 0.15) is 18.4 Å². The fraction of sp³-hybridized carbons (Fsp3) is 0.324. The van der Waals surface area contributed by atoms with Crippen molar-refractivity contribution in [2.75, 3.05) is 13.1 Å². The highest BCUT2D eigenvalue weighted by Gasteiger charge is 2.53. The zero-order chi connectivity index (χ0) is 32.2. The molecular weight excluding hydrogens is 582 g/mol. The van der Waals surface area contributed by atoms with Crippen LogP contribution in [0.5, 0.6) is 5.75 Å². The van der Waals surface area contributed by atoms with Crippen LogP contribution in [0.4, 0.5) is 4.79 Å². The number of rotatable bonds is 9. The van der Waals surface area contributed by atoms with Gasteiger partial charge in [-0.3, -0.25) is 14.4 Å². The minimum atomic E-state index is -1.04. The first-order valence-electron chi connectivity index (χ1n) is 15.8. The fourth-order valence-corrected chi connectivity index (χ4v) is 6.21. The first kappa shape index (κ1) is 31.1. The fourth-order valence-electron chi connectivity index (χ4n) is 6.21. The molecule has 46 heavy (non-hydrogen) atoms. The first-order valence-corrected chi connectivity index (χ1v) is 15.8. The molecule has 0 unspecified atom stereocenters. The van der Waals surface area contributed by atoms with E-state index < -0.39 is 24.4 Å². The molecule has 9 nitrogen and oxygen atoms in total. The molecule has 9 heteroatoms. The molecule has 2 aliphatic heterocycles. The number of hydrogen-bond donors (Lipinski definition) is 1. The van der Waals surface area contributed by atoms with E-state index >= 15 is 0 Å². The minimum Gasteiger partial charge on any atom is -0.508 e. The Morgan fingerprint density at radius 2 is 1.57 bits per heavy atom. The topological polar surface area (TPSA) is 99.6 Å². The van der Waals surface area contributed by atoms with Gasteiger partial charge < -0.3 is 19.6 Å². The third-order valence-corrected chi connectivity index (χ3v) is 8.70. The number of nitrogens with zero attached hydrogens (tertiary/aromatic N) is 3. The van der Waals surface area contributed by atoms with Crippen LogP contribution in [0.3, 0.4) is 0 Å². The lowest BCUT2D eigenvalue weighted by Crippen LogP contribution is -2.74. The van der Waals surface area contributed by atoms with E-state index in [0.29, 0.717) is 12.5 Å². The molecule has 0 aromatic heterocycles. The number of piperazine rings is 1. The van der Waals surface area contributed by atoms with E-state index in [4.69, 9.17) is 9.57 Å². The van der Waals surface area contributed by atoms with Crippen LogP contribution >= 0.6 is 0 Å². The summed E-state index contributed by atoms with van der Waals surface area (Å²) < 4.78 is 5.88. The molecule has 6 rings (SSSR count). The van der Waals surface area contributed by atoms with E-state index in [1.165, 1.54) is 9.96 Å². The highest BCUT2D eigenvalue weighted by molar-refractivity contribution is 5.92. The van der Waals surface area contributed by atoms with E-state index in [-0.39, 0.29) is 43.6 Å². The molecule has 0 aliphatic carbocycles. The maximum atomic E-state index is 14.2. The van der Waals surface area contributed by atoms with Gasteiger partial charge in [0.15, 0.2) is 12.3 Å². The van der Waals surface area contributed by atoms with Gasteiger partial charge in [-0.15, -0.1) is 0 Å². The maximum absolute atomic E-state index is 14.2. The van der Waals surface area contributed by atoms with Crippen molar-refractivity contribution < 1.29 is 29.1 Å². The van der Waals surface area contributed by atoms with Crippen molar-refractivity contribution in [3.8, 4) is 5.75 Å². The molecule has 0 bridgehead atoms. The number of phenols is 1. The maximum Gasteiger partial charge on any atom is 0.436 e. The number of carbonyl (C=O) groups is 3. The molecule has 4 aromatic carbocycles. The van der Waals surface area contributed by atoms with Gasteiger partial charge in [-0.1, -0.05) is 98.8 Å². The Morgan fingerprint density at radius 1 is 0.870 bits per heavy atom. The predicted octanol–water partition coefficient (Wildman–Crippen LogP) is 5.69. The second-order valence-electron chi connectivity index (χ2n) is 12.4. The zero-order valence-electron chi connectivity index (χ0n) is 26.1. The Morgan fingerprint density at radius 3 is 2.33 bits per heavy atom. The molecule has 2 fully saturated rings. The average Bonchev–Trinajstić information content (AvgIpc) is 3.06. The summed E-state index contributed by atoms with van der Waals surface area (Å²) in [6.45, 7) is 4.77. The number of carbonyl (C=O) groups excluding carboxylic acids is 3. The lowest BCUT2D eigenvalue weighted by molar-refractivity contribution is -0.266. The lowest BCUT2D eigenvalue weighted by atomic mass is 9.96. The van der Waals surface area contributed by atoms with Crippen LogP contribution in [0.25, 0.3) is 10.8 Å². The smallest absolute Gasteiger partial charge is 0.436 e. The Labute approximate surface area is 268 Å². The van der Waals surface area contributed by atoms with E-state index in [2.05, 4.69) is 13.8 Å². The number of amides is 3. The van der Waals surface area contributed by atoms with Crippen molar-refractivity contribution in [1.82, 2.24) is 14.9 Å². The zero-order valence-corrected chi connectivity index (χ0v) is 26.1. The first-order chi connectivity index (χ1) is 22.3. The van der Waals surface area contributed by atoms with Gasteiger partial charge in [0.2, 0.25) is 5.91 Å². The summed E-state index contributed by atoms with van der Waals surface area (Å²) in [5, 5.41) is 13.0. The number of ether oxygens (including phenoxy) is 1. The summed E-state index contributed by atoms with van der Waals surface area (Å²) in [6.07, 6.45) is -1.45. The Balaban J connectivity index is 1.33. The van der Waals surface area contributed by atoms with Crippen molar-refractivity contribution in [1.29, 1.82) is 0 Å². The summed E-state index contributed by atoms with van der Waals surface area (Å²) in [4.78, 5) is 51.8. The van der Waals surface area contributed by atoms with Gasteiger partial charge in [0, 0.05) is 19.4 Å². The summed E-state index contributed by atoms with van der Waals surface area (Å²) in [7, 11) is 0. The molecule has 0 saturated carbocycles. The Hall–Kier alpha value is -4.89. The molecule has 2 aliphatic rings. The largest absolute Gasteiger partial charge is 0.508 e. The van der Waals surface area contributed by atoms with Crippen LogP contribution in [0.15, 0.2) is 97.1 Å². The van der Waals surface area contributed by atoms with Gasteiger partial charge in [0.05, 0.1) is 6.54 Å². The summed E-state index contributed by atoms with van der Waals surface area (Å²) in [5.41, 5.74) is 2.49. The highest BCUT2D eigenvalue weighted by Crippen LogP contribution is 2.32. The van der Waals surface area contributed by atoms with Crippen LogP contribution in [0.2, 0.25) is 0 Å². The molecule has 1 N–H and O–H groups in total. The third kappa shape index (κ3) is 6.70. The van der Waals surface area contributed by atoms with Crippen molar-refractivity contribution in [3.05, 3.63) is 114 Å². The van der Waals surface area contributed by atoms with Crippen molar-refractivity contribution in [2.24, 2.45) is 5.92 Å². The van der Waals surface area contributed by atoms with E-state index in [1.807, 2.05) is 72.8 Å². The van der Waals surface area contributed by atoms with Gasteiger partial charge >= 0.3 is 6.09 Å². The second kappa shape index (κ2) is 13.6. The molecule has 0 radical (unpaired) electrons. The molecule has 238 valence electrons. The van der Waals surface area contributed by atoms with Gasteiger partial charge in [-0.2, -0.15) is 5.06 Å². The summed E-state index contributed by atoms with van der Waals surface area (Å²) >= 11 is 0. The van der Waals surface area contributed by atoms with Gasteiger partial charge in [0.25, 0.3) is 5.91 Å². The third-order valence-electron chi connectivity index (χ3n) is 8.70. The average molecular weight is 622 g/mol. The van der Waals surface area contributed by atoms with Crippen LogP contribution in [-0.2, 0) is 38.6 Å². The van der Waals surface area contributed by atoms with Gasteiger partial charge in [-0.05, 0) is 51.9 Å². The second-order valence-corrected chi connectivity index (χ2v) is 12.4. The van der Waals surface area contributed by atoms with Crippen LogP contribution in [0.1, 0.15) is 37.0 Å². The van der Waals surface area contributed by atoms with E-state index in [9.17, 15) is 19.5 Å². The Bertz CT molecular complexity index is 1690. The molecule has 3 amide bonds. The molecule has 2 saturated heterocycles. The van der Waals surface area contributed by atoms with E-state index in [0.717, 1.165) is 33.9 Å². The SMILES string of the molecule is CC(C)CCN1C[C@@H]2N(C(=O)OCc3cccc4ccccc34)O[C@@H](Cc3ccccc3)C(=O)N2[C@@H](Cc2ccc(O)cc2)C1=O. The minimum absolute atomic E-state index is 0.0109. The lowest BCUT2D eigenvalue weighted by Gasteiger charge is -2.52. The van der Waals surface area contributed by atoms with Crippen molar-refractivity contribution in [2.45, 2.75) is 58.0 Å². The molecule has 3 atom stereocenters. The summed E-state index contributed by atoms with van der Waals surface area (Å²) in [6, 6.07) is 28.9. The van der Waals surface area contributed by atoms with Crippen molar-refractivity contribution >= 4 is 28.7 Å². The van der Waals surface area contributed by atoms with Crippen LogP contribution in [0, 0.1) is 5.92 Å². The predicted molar refractivity (Wildman–Crippen MR) is 173 cm³/mol. The Kier molecular flexibility index (Phi) is 9.21.